The molecule has 5 aromatic rings. The molecule has 2 N–H and O–H groups in total. The molecule has 0 atom stereocenters. The fraction of sp³-hybridized carbons (Fsp3) is 0.259. The summed E-state index contributed by atoms with van der Waals surface area (Å²) < 4.78 is 15.2. The van der Waals surface area contributed by atoms with E-state index in [0.29, 0.717) is 42.3 Å². The average molecular weight is 486 g/mol. The fourth-order valence-electron chi connectivity index (χ4n) is 4.90. The molecular formula is C27H27N5O4. The SMILES string of the molecule is Cn1cc(-c2ccc3c([nH]c(=O)n3CCN3CCOCC3)c2Oc2ccccc2)c2cc[nH]c2c1=O. The van der Waals surface area contributed by atoms with E-state index in [1.54, 1.807) is 22.4 Å². The van der Waals surface area contributed by atoms with E-state index in [9.17, 15) is 9.59 Å². The van der Waals surface area contributed by atoms with Gasteiger partial charge in [0.15, 0.2) is 5.75 Å². The quantitative estimate of drug-likeness (QED) is 0.385. The summed E-state index contributed by atoms with van der Waals surface area (Å²) in [7, 11) is 1.73. The van der Waals surface area contributed by atoms with Crippen molar-refractivity contribution < 1.29 is 9.47 Å². The van der Waals surface area contributed by atoms with E-state index in [2.05, 4.69) is 14.9 Å². The average Bonchev–Trinajstić information content (AvgIpc) is 3.51. The van der Waals surface area contributed by atoms with Gasteiger partial charge in [0, 0.05) is 62.1 Å². The van der Waals surface area contributed by atoms with Gasteiger partial charge in [-0.05, 0) is 30.3 Å². The first-order valence-electron chi connectivity index (χ1n) is 12.1. The summed E-state index contributed by atoms with van der Waals surface area (Å²) in [5.41, 5.74) is 3.26. The van der Waals surface area contributed by atoms with Crippen LogP contribution >= 0.6 is 0 Å². The van der Waals surface area contributed by atoms with Gasteiger partial charge in [-0.3, -0.25) is 14.3 Å². The monoisotopic (exact) mass is 485 g/mol. The maximum atomic E-state index is 13.1. The van der Waals surface area contributed by atoms with Crippen LogP contribution in [0.3, 0.4) is 0 Å². The van der Waals surface area contributed by atoms with E-state index in [1.807, 2.05) is 54.7 Å². The van der Waals surface area contributed by atoms with Crippen LogP contribution in [-0.2, 0) is 18.3 Å². The summed E-state index contributed by atoms with van der Waals surface area (Å²) in [6, 6.07) is 15.3. The second-order valence-electron chi connectivity index (χ2n) is 9.01. The van der Waals surface area contributed by atoms with Gasteiger partial charge < -0.3 is 24.0 Å². The van der Waals surface area contributed by atoms with E-state index in [-0.39, 0.29) is 11.2 Å². The third-order valence-electron chi connectivity index (χ3n) is 6.79. The highest BCUT2D eigenvalue weighted by molar-refractivity contribution is 6.00. The van der Waals surface area contributed by atoms with E-state index < -0.39 is 0 Å². The van der Waals surface area contributed by atoms with Crippen LogP contribution in [0, 0.1) is 0 Å². The minimum atomic E-state index is -0.180. The predicted molar refractivity (Wildman–Crippen MR) is 139 cm³/mol. The lowest BCUT2D eigenvalue weighted by Crippen LogP contribution is -2.39. The molecule has 0 unspecified atom stereocenters. The number of H-pyrrole nitrogens is 2. The summed E-state index contributed by atoms with van der Waals surface area (Å²) in [6.07, 6.45) is 3.57. The highest BCUT2D eigenvalue weighted by Gasteiger charge is 2.21. The Labute approximate surface area is 206 Å². The lowest BCUT2D eigenvalue weighted by molar-refractivity contribution is 0.0364. The van der Waals surface area contributed by atoms with Gasteiger partial charge in [0.05, 0.1) is 18.7 Å². The molecule has 0 bridgehead atoms. The Bertz CT molecular complexity index is 1660. The van der Waals surface area contributed by atoms with Crippen molar-refractivity contribution in [3.8, 4) is 22.6 Å². The van der Waals surface area contributed by atoms with Crippen LogP contribution in [0.4, 0.5) is 0 Å². The molecule has 0 saturated carbocycles. The maximum Gasteiger partial charge on any atom is 0.326 e. The number of aromatic amines is 2. The van der Waals surface area contributed by atoms with Crippen molar-refractivity contribution in [2.24, 2.45) is 7.05 Å². The van der Waals surface area contributed by atoms with Gasteiger partial charge in [-0.1, -0.05) is 18.2 Å². The molecule has 9 nitrogen and oxygen atoms in total. The zero-order valence-electron chi connectivity index (χ0n) is 20.0. The molecule has 0 radical (unpaired) electrons. The van der Waals surface area contributed by atoms with Gasteiger partial charge in [-0.2, -0.15) is 0 Å². The van der Waals surface area contributed by atoms with E-state index in [4.69, 9.17) is 9.47 Å². The molecule has 6 rings (SSSR count). The standard InChI is InChI=1S/C27H27N5O4/c1-30-17-21(19-9-10-28-23(19)26(30)33)20-7-8-22-24(25(20)36-18-5-3-2-4-6-18)29-27(34)32(22)12-11-31-13-15-35-16-14-31/h2-10,17,28H,11-16H2,1H3,(H,29,34). The number of nitrogens with one attached hydrogen (secondary N) is 2. The Balaban J connectivity index is 1.51. The highest BCUT2D eigenvalue weighted by atomic mass is 16.5. The van der Waals surface area contributed by atoms with Crippen molar-refractivity contribution in [2.45, 2.75) is 6.54 Å². The van der Waals surface area contributed by atoms with Gasteiger partial charge >= 0.3 is 5.69 Å². The number of ether oxygens (including phenoxy) is 2. The molecule has 0 spiro atoms. The minimum Gasteiger partial charge on any atom is -0.454 e. The topological polar surface area (TPSA) is 97.3 Å². The molecule has 36 heavy (non-hydrogen) atoms. The number of benzene rings is 2. The zero-order chi connectivity index (χ0) is 24.6. The Kier molecular flexibility index (Phi) is 5.71. The number of imidazole rings is 1. The second-order valence-corrected chi connectivity index (χ2v) is 9.01. The molecule has 1 aliphatic rings. The van der Waals surface area contributed by atoms with E-state index in [0.717, 1.165) is 41.7 Å². The minimum absolute atomic E-state index is 0.104. The first-order valence-corrected chi connectivity index (χ1v) is 12.1. The molecule has 0 amide bonds. The molecular weight excluding hydrogens is 458 g/mol. The fourth-order valence-corrected chi connectivity index (χ4v) is 4.90. The largest absolute Gasteiger partial charge is 0.454 e. The lowest BCUT2D eigenvalue weighted by Gasteiger charge is -2.26. The third kappa shape index (κ3) is 3.92. The Morgan fingerprint density at radius 3 is 2.56 bits per heavy atom. The van der Waals surface area contributed by atoms with Crippen LogP contribution in [0.1, 0.15) is 0 Å². The highest BCUT2D eigenvalue weighted by Crippen LogP contribution is 2.40. The van der Waals surface area contributed by atoms with Crippen LogP contribution in [-0.4, -0.2) is 56.9 Å². The van der Waals surface area contributed by atoms with Crippen molar-refractivity contribution in [2.75, 3.05) is 32.8 Å². The van der Waals surface area contributed by atoms with Crippen molar-refractivity contribution in [1.82, 2.24) is 24.0 Å². The van der Waals surface area contributed by atoms with Crippen molar-refractivity contribution in [3.05, 3.63) is 81.8 Å². The van der Waals surface area contributed by atoms with Crippen LogP contribution in [0.2, 0.25) is 0 Å². The predicted octanol–water partition coefficient (Wildman–Crippen LogP) is 3.30. The number of aromatic nitrogens is 4. The molecule has 1 fully saturated rings. The summed E-state index contributed by atoms with van der Waals surface area (Å²) in [5, 5.41) is 0.796. The normalized spacial score (nSPS) is 14.6. The van der Waals surface area contributed by atoms with Crippen LogP contribution in [0.25, 0.3) is 33.1 Å². The summed E-state index contributed by atoms with van der Waals surface area (Å²) in [5.74, 6) is 1.20. The molecule has 2 aromatic carbocycles. The molecule has 9 heteroatoms. The first kappa shape index (κ1) is 22.4. The molecule has 4 heterocycles. The van der Waals surface area contributed by atoms with E-state index >= 15 is 0 Å². The Morgan fingerprint density at radius 2 is 1.75 bits per heavy atom. The summed E-state index contributed by atoms with van der Waals surface area (Å²) in [6.45, 7) is 4.48. The van der Waals surface area contributed by atoms with Crippen molar-refractivity contribution in [3.63, 3.8) is 0 Å². The van der Waals surface area contributed by atoms with Gasteiger partial charge in [0.1, 0.15) is 16.8 Å². The lowest BCUT2D eigenvalue weighted by atomic mass is 10.0. The molecule has 3 aromatic heterocycles. The van der Waals surface area contributed by atoms with Gasteiger partial charge in [0.25, 0.3) is 5.56 Å². The number of fused-ring (bicyclic) bond motifs is 2. The molecule has 0 aliphatic carbocycles. The van der Waals surface area contributed by atoms with Crippen molar-refractivity contribution >= 4 is 21.9 Å². The Hall–Kier alpha value is -4.08. The van der Waals surface area contributed by atoms with Gasteiger partial charge in [0.2, 0.25) is 0 Å². The number of nitrogens with zero attached hydrogens (tertiary/aromatic N) is 3. The first-order chi connectivity index (χ1) is 17.6. The number of morpholine rings is 1. The van der Waals surface area contributed by atoms with Gasteiger partial charge in [-0.25, -0.2) is 4.79 Å². The maximum absolute atomic E-state index is 13.1. The number of para-hydroxylation sites is 1. The van der Waals surface area contributed by atoms with Crippen LogP contribution in [0.5, 0.6) is 11.5 Å². The zero-order valence-corrected chi connectivity index (χ0v) is 20.0. The summed E-state index contributed by atoms with van der Waals surface area (Å²) in [4.78, 5) is 34.1. The number of hydrogen-bond donors (Lipinski definition) is 2. The smallest absolute Gasteiger partial charge is 0.326 e. The second kappa shape index (κ2) is 9.18. The summed E-state index contributed by atoms with van der Waals surface area (Å²) >= 11 is 0. The number of aryl methyl sites for hydroxylation is 1. The molecule has 184 valence electrons. The molecule has 1 saturated heterocycles. The number of rotatable bonds is 6. The van der Waals surface area contributed by atoms with Crippen molar-refractivity contribution in [1.29, 1.82) is 0 Å². The van der Waals surface area contributed by atoms with E-state index in [1.165, 1.54) is 0 Å². The number of hydrogen-bond acceptors (Lipinski definition) is 5. The van der Waals surface area contributed by atoms with Crippen LogP contribution < -0.4 is 16.0 Å². The van der Waals surface area contributed by atoms with Crippen LogP contribution in [0.15, 0.2) is 70.5 Å². The third-order valence-corrected chi connectivity index (χ3v) is 6.79. The Morgan fingerprint density at radius 1 is 0.944 bits per heavy atom. The van der Waals surface area contributed by atoms with Gasteiger partial charge in [-0.15, -0.1) is 0 Å². The number of pyridine rings is 1. The molecule has 1 aliphatic heterocycles.